The van der Waals surface area contributed by atoms with Crippen molar-refractivity contribution in [3.8, 4) is 0 Å². The van der Waals surface area contributed by atoms with Gasteiger partial charge in [-0.05, 0) is 55.3 Å². The van der Waals surface area contributed by atoms with Crippen molar-refractivity contribution in [2.75, 3.05) is 10.0 Å². The van der Waals surface area contributed by atoms with Crippen LogP contribution in [0.4, 0.5) is 17.3 Å². The molecular formula is C17H18N4O2S2. The Bertz CT molecular complexity index is 966. The smallest absolute Gasteiger partial charge is 0.272 e. The Balaban J connectivity index is 1.72. The van der Waals surface area contributed by atoms with E-state index in [0.717, 1.165) is 22.5 Å². The molecule has 2 aromatic heterocycles. The number of aromatic nitrogens is 2. The lowest BCUT2D eigenvalue weighted by atomic mass is 10.2. The van der Waals surface area contributed by atoms with E-state index in [2.05, 4.69) is 20.2 Å². The van der Waals surface area contributed by atoms with Crippen LogP contribution < -0.4 is 10.0 Å². The van der Waals surface area contributed by atoms with Gasteiger partial charge in [-0.1, -0.05) is 19.1 Å². The lowest BCUT2D eigenvalue weighted by Gasteiger charge is -2.07. The first-order valence-electron chi connectivity index (χ1n) is 7.75. The first-order chi connectivity index (χ1) is 12.0. The molecule has 0 saturated heterocycles. The van der Waals surface area contributed by atoms with Gasteiger partial charge in [-0.2, -0.15) is 0 Å². The highest BCUT2D eigenvalue weighted by Crippen LogP contribution is 2.24. The summed E-state index contributed by atoms with van der Waals surface area (Å²) in [5.74, 6) is 0.721. The van der Waals surface area contributed by atoms with Gasteiger partial charge in [-0.25, -0.2) is 8.42 Å². The van der Waals surface area contributed by atoms with Crippen LogP contribution in [0, 0.1) is 6.92 Å². The Morgan fingerprint density at radius 3 is 2.44 bits per heavy atom. The van der Waals surface area contributed by atoms with Crippen molar-refractivity contribution in [2.24, 2.45) is 0 Å². The second-order valence-corrected chi connectivity index (χ2v) is 8.56. The van der Waals surface area contributed by atoms with E-state index in [1.54, 1.807) is 18.2 Å². The van der Waals surface area contributed by atoms with Crippen LogP contribution in [0.25, 0.3) is 0 Å². The van der Waals surface area contributed by atoms with Gasteiger partial charge in [0.2, 0.25) is 0 Å². The van der Waals surface area contributed by atoms with Gasteiger partial charge < -0.3 is 5.32 Å². The average Bonchev–Trinajstić information content (AvgIpc) is 3.07. The molecule has 0 amide bonds. The van der Waals surface area contributed by atoms with E-state index in [1.165, 1.54) is 11.3 Å². The van der Waals surface area contributed by atoms with Gasteiger partial charge >= 0.3 is 0 Å². The standard InChI is InChI=1S/C17H18N4O2S2/c1-3-14-7-10-17(24-14)25(22,23)21-16-9-8-15(19-20-16)18-13-6-4-5-12(2)11-13/h4-11H,3H2,1-2H3,(H,18,19)(H,20,21). The van der Waals surface area contributed by atoms with E-state index >= 15 is 0 Å². The van der Waals surface area contributed by atoms with Gasteiger partial charge in [-0.15, -0.1) is 21.5 Å². The minimum Gasteiger partial charge on any atom is -0.339 e. The van der Waals surface area contributed by atoms with Crippen LogP contribution in [0.5, 0.6) is 0 Å². The molecule has 130 valence electrons. The number of nitrogens with one attached hydrogen (secondary N) is 2. The number of hydrogen-bond donors (Lipinski definition) is 2. The fourth-order valence-corrected chi connectivity index (χ4v) is 4.50. The first kappa shape index (κ1) is 17.4. The Morgan fingerprint density at radius 2 is 1.80 bits per heavy atom. The Labute approximate surface area is 151 Å². The first-order valence-corrected chi connectivity index (χ1v) is 10.1. The number of thiophene rings is 1. The summed E-state index contributed by atoms with van der Waals surface area (Å²) < 4.78 is 27.4. The summed E-state index contributed by atoms with van der Waals surface area (Å²) in [6.45, 7) is 3.99. The number of nitrogens with zero attached hydrogens (tertiary/aromatic N) is 2. The molecule has 3 aromatic rings. The lowest BCUT2D eigenvalue weighted by Crippen LogP contribution is -2.13. The normalized spacial score (nSPS) is 11.3. The molecule has 0 aliphatic heterocycles. The minimum absolute atomic E-state index is 0.182. The Kier molecular flexibility index (Phi) is 5.00. The third kappa shape index (κ3) is 4.34. The van der Waals surface area contributed by atoms with E-state index in [0.29, 0.717) is 5.82 Å². The molecule has 25 heavy (non-hydrogen) atoms. The molecular weight excluding hydrogens is 356 g/mol. The van der Waals surface area contributed by atoms with Gasteiger partial charge in [0.1, 0.15) is 4.21 Å². The predicted octanol–water partition coefficient (Wildman–Crippen LogP) is 3.95. The average molecular weight is 374 g/mol. The SMILES string of the molecule is CCc1ccc(S(=O)(=O)Nc2ccc(Nc3cccc(C)c3)nn2)s1. The zero-order chi connectivity index (χ0) is 17.9. The number of benzene rings is 1. The van der Waals surface area contributed by atoms with Crippen LogP contribution in [0.15, 0.2) is 52.7 Å². The third-order valence-corrected chi connectivity index (χ3v) is 6.52. The molecule has 0 fully saturated rings. The third-order valence-electron chi connectivity index (χ3n) is 3.44. The number of sulfonamides is 1. The summed E-state index contributed by atoms with van der Waals surface area (Å²) >= 11 is 1.25. The van der Waals surface area contributed by atoms with Gasteiger partial charge in [0.05, 0.1) is 0 Å². The molecule has 0 unspecified atom stereocenters. The van der Waals surface area contributed by atoms with Gasteiger partial charge in [0.15, 0.2) is 11.6 Å². The molecule has 8 heteroatoms. The fraction of sp³-hybridized carbons (Fsp3) is 0.176. The molecule has 2 heterocycles. The van der Waals surface area contributed by atoms with Crippen molar-refractivity contribution in [3.63, 3.8) is 0 Å². The second-order valence-electron chi connectivity index (χ2n) is 5.48. The Hall–Kier alpha value is -2.45. The van der Waals surface area contributed by atoms with Crippen LogP contribution in [-0.4, -0.2) is 18.6 Å². The maximum Gasteiger partial charge on any atom is 0.272 e. The van der Waals surface area contributed by atoms with Crippen LogP contribution >= 0.6 is 11.3 Å². The maximum atomic E-state index is 12.4. The lowest BCUT2D eigenvalue weighted by molar-refractivity contribution is 0.603. The zero-order valence-corrected chi connectivity index (χ0v) is 15.5. The van der Waals surface area contributed by atoms with Gasteiger partial charge in [0, 0.05) is 10.6 Å². The summed E-state index contributed by atoms with van der Waals surface area (Å²) in [4.78, 5) is 1.02. The molecule has 0 radical (unpaired) electrons. The molecule has 2 N–H and O–H groups in total. The van der Waals surface area contributed by atoms with E-state index in [9.17, 15) is 8.42 Å². The summed E-state index contributed by atoms with van der Waals surface area (Å²) in [6.07, 6.45) is 0.805. The second kappa shape index (κ2) is 7.20. The van der Waals surface area contributed by atoms with Crippen molar-refractivity contribution < 1.29 is 8.42 Å². The van der Waals surface area contributed by atoms with Crippen molar-refractivity contribution >= 4 is 38.7 Å². The monoisotopic (exact) mass is 374 g/mol. The molecule has 0 aliphatic carbocycles. The molecule has 0 spiro atoms. The van der Waals surface area contributed by atoms with E-state index < -0.39 is 10.0 Å². The van der Waals surface area contributed by atoms with Crippen molar-refractivity contribution in [3.05, 3.63) is 59.0 Å². The molecule has 3 rings (SSSR count). The molecule has 1 aromatic carbocycles. The molecule has 0 aliphatic rings. The zero-order valence-electron chi connectivity index (χ0n) is 13.9. The van der Waals surface area contributed by atoms with Crippen LogP contribution in [0.3, 0.4) is 0 Å². The van der Waals surface area contributed by atoms with Crippen molar-refractivity contribution in [1.29, 1.82) is 0 Å². The Morgan fingerprint density at radius 1 is 1.04 bits per heavy atom. The summed E-state index contributed by atoms with van der Waals surface area (Å²) in [5, 5.41) is 11.1. The number of anilines is 3. The van der Waals surface area contributed by atoms with Gasteiger partial charge in [-0.3, -0.25) is 4.72 Å². The summed E-state index contributed by atoms with van der Waals surface area (Å²) in [5.41, 5.74) is 2.03. The number of hydrogen-bond acceptors (Lipinski definition) is 6. The van der Waals surface area contributed by atoms with Crippen LogP contribution in [0.2, 0.25) is 0 Å². The highest BCUT2D eigenvalue weighted by molar-refractivity contribution is 7.94. The maximum absolute atomic E-state index is 12.4. The summed E-state index contributed by atoms with van der Waals surface area (Å²) in [7, 11) is -3.63. The fourth-order valence-electron chi connectivity index (χ4n) is 2.20. The van der Waals surface area contributed by atoms with Gasteiger partial charge in [0.25, 0.3) is 10.0 Å². The number of rotatable bonds is 6. The van der Waals surface area contributed by atoms with Crippen molar-refractivity contribution in [1.82, 2.24) is 10.2 Å². The highest BCUT2D eigenvalue weighted by atomic mass is 32.2. The molecule has 0 bridgehead atoms. The highest BCUT2D eigenvalue weighted by Gasteiger charge is 2.17. The molecule has 0 atom stereocenters. The topological polar surface area (TPSA) is 84.0 Å². The number of aryl methyl sites for hydroxylation is 2. The largest absolute Gasteiger partial charge is 0.339 e. The van der Waals surface area contributed by atoms with E-state index in [1.807, 2.05) is 44.2 Å². The summed E-state index contributed by atoms with van der Waals surface area (Å²) in [6, 6.07) is 14.5. The van der Waals surface area contributed by atoms with E-state index in [-0.39, 0.29) is 10.0 Å². The molecule has 6 nitrogen and oxygen atoms in total. The quantitative estimate of drug-likeness (QED) is 0.682. The van der Waals surface area contributed by atoms with Crippen LogP contribution in [0.1, 0.15) is 17.4 Å². The molecule has 0 saturated carbocycles. The van der Waals surface area contributed by atoms with E-state index in [4.69, 9.17) is 0 Å². The predicted molar refractivity (Wildman–Crippen MR) is 101 cm³/mol. The van der Waals surface area contributed by atoms with Crippen LogP contribution in [-0.2, 0) is 16.4 Å². The van der Waals surface area contributed by atoms with Crippen molar-refractivity contribution in [2.45, 2.75) is 24.5 Å². The minimum atomic E-state index is -3.63.